The minimum absolute atomic E-state index is 0.164. The number of carbonyl (C=O) groups excluding carboxylic acids is 1. The van der Waals surface area contributed by atoms with Crippen LogP contribution in [0.3, 0.4) is 0 Å². The molecule has 0 saturated heterocycles. The molecular formula is C15H18ClNO4. The lowest BCUT2D eigenvalue weighted by molar-refractivity contribution is -0.145. The number of ether oxygens (including phenoxy) is 1. The summed E-state index contributed by atoms with van der Waals surface area (Å²) in [6.07, 6.45) is 2.11. The van der Waals surface area contributed by atoms with Gasteiger partial charge >= 0.3 is 5.97 Å². The van der Waals surface area contributed by atoms with E-state index in [1.54, 1.807) is 18.2 Å². The second-order valence-electron chi connectivity index (χ2n) is 5.31. The van der Waals surface area contributed by atoms with Gasteiger partial charge in [0.1, 0.15) is 12.3 Å². The molecule has 0 spiro atoms. The Kier molecular flexibility index (Phi) is 5.07. The van der Waals surface area contributed by atoms with Crippen LogP contribution in [0.5, 0.6) is 5.75 Å². The van der Waals surface area contributed by atoms with Crippen molar-refractivity contribution in [3.8, 4) is 5.75 Å². The standard InChI is InChI=1S/C15H18ClNO4/c1-10-6-12(16)4-5-13(10)21-9-14(18)17(8-15(19)20)7-11-2-3-11/h4-6,11H,2-3,7-9H2,1H3,(H,19,20). The van der Waals surface area contributed by atoms with Gasteiger partial charge in [-0.1, -0.05) is 11.6 Å². The summed E-state index contributed by atoms with van der Waals surface area (Å²) >= 11 is 5.86. The quantitative estimate of drug-likeness (QED) is 0.839. The predicted molar refractivity (Wildman–Crippen MR) is 78.6 cm³/mol. The number of aryl methyl sites for hydroxylation is 1. The van der Waals surface area contributed by atoms with Crippen molar-refractivity contribution >= 4 is 23.5 Å². The molecule has 2 rings (SSSR count). The molecule has 1 amide bonds. The molecule has 1 N–H and O–H groups in total. The summed E-state index contributed by atoms with van der Waals surface area (Å²) < 4.78 is 5.48. The fourth-order valence-corrected chi connectivity index (χ4v) is 2.26. The van der Waals surface area contributed by atoms with Crippen LogP contribution in [-0.4, -0.2) is 41.6 Å². The molecule has 114 valence electrons. The molecule has 1 aromatic carbocycles. The zero-order valence-electron chi connectivity index (χ0n) is 11.8. The van der Waals surface area contributed by atoms with Gasteiger partial charge in [-0.2, -0.15) is 0 Å². The maximum Gasteiger partial charge on any atom is 0.323 e. The van der Waals surface area contributed by atoms with Crippen LogP contribution >= 0.6 is 11.6 Å². The van der Waals surface area contributed by atoms with Crippen molar-refractivity contribution in [2.75, 3.05) is 19.7 Å². The highest BCUT2D eigenvalue weighted by Gasteiger charge is 2.28. The first-order valence-corrected chi connectivity index (χ1v) is 7.22. The van der Waals surface area contributed by atoms with Crippen molar-refractivity contribution in [2.45, 2.75) is 19.8 Å². The van der Waals surface area contributed by atoms with E-state index < -0.39 is 5.97 Å². The van der Waals surface area contributed by atoms with Crippen LogP contribution < -0.4 is 4.74 Å². The Bertz CT molecular complexity index is 542. The first-order valence-electron chi connectivity index (χ1n) is 6.84. The third-order valence-electron chi connectivity index (χ3n) is 3.34. The van der Waals surface area contributed by atoms with E-state index >= 15 is 0 Å². The SMILES string of the molecule is Cc1cc(Cl)ccc1OCC(=O)N(CC(=O)O)CC1CC1. The third kappa shape index (κ3) is 4.93. The van der Waals surface area contributed by atoms with Crippen LogP contribution in [-0.2, 0) is 9.59 Å². The van der Waals surface area contributed by atoms with Gasteiger partial charge < -0.3 is 14.7 Å². The van der Waals surface area contributed by atoms with Crippen molar-refractivity contribution in [3.05, 3.63) is 28.8 Å². The number of rotatable bonds is 7. The molecule has 0 bridgehead atoms. The minimum atomic E-state index is -1.01. The Hall–Kier alpha value is -1.75. The number of halogens is 1. The van der Waals surface area contributed by atoms with Crippen LogP contribution in [0.25, 0.3) is 0 Å². The van der Waals surface area contributed by atoms with E-state index in [2.05, 4.69) is 0 Å². The molecule has 0 atom stereocenters. The number of aliphatic carboxylic acids is 1. The fraction of sp³-hybridized carbons (Fsp3) is 0.467. The average Bonchev–Trinajstić information content (AvgIpc) is 3.20. The molecule has 1 saturated carbocycles. The minimum Gasteiger partial charge on any atom is -0.483 e. The third-order valence-corrected chi connectivity index (χ3v) is 3.58. The Morgan fingerprint density at radius 3 is 2.71 bits per heavy atom. The number of nitrogens with zero attached hydrogens (tertiary/aromatic N) is 1. The highest BCUT2D eigenvalue weighted by molar-refractivity contribution is 6.30. The summed E-state index contributed by atoms with van der Waals surface area (Å²) in [5.74, 6) is -0.301. The summed E-state index contributed by atoms with van der Waals surface area (Å²) in [6.45, 7) is 1.89. The first-order chi connectivity index (χ1) is 9.95. The van der Waals surface area contributed by atoms with Crippen molar-refractivity contribution in [1.82, 2.24) is 4.90 Å². The number of amides is 1. The highest BCUT2D eigenvalue weighted by Crippen LogP contribution is 2.29. The molecule has 0 radical (unpaired) electrons. The van der Waals surface area contributed by atoms with Gasteiger partial charge in [0, 0.05) is 11.6 Å². The number of carboxylic acids is 1. The topological polar surface area (TPSA) is 66.8 Å². The lowest BCUT2D eigenvalue weighted by atomic mass is 10.2. The van der Waals surface area contributed by atoms with Crippen LogP contribution in [0.1, 0.15) is 18.4 Å². The van der Waals surface area contributed by atoms with Crippen LogP contribution in [0.15, 0.2) is 18.2 Å². The Morgan fingerprint density at radius 1 is 1.43 bits per heavy atom. The van der Waals surface area contributed by atoms with Crippen LogP contribution in [0.4, 0.5) is 0 Å². The predicted octanol–water partition coefficient (Wildman–Crippen LogP) is 2.35. The number of benzene rings is 1. The van der Waals surface area contributed by atoms with E-state index in [4.69, 9.17) is 21.4 Å². The van der Waals surface area contributed by atoms with Crippen molar-refractivity contribution in [3.63, 3.8) is 0 Å². The zero-order valence-corrected chi connectivity index (χ0v) is 12.6. The highest BCUT2D eigenvalue weighted by atomic mass is 35.5. The molecule has 1 aliphatic carbocycles. The van der Waals surface area contributed by atoms with Gasteiger partial charge in [-0.15, -0.1) is 0 Å². The van der Waals surface area contributed by atoms with Gasteiger partial charge in [-0.05, 0) is 49.4 Å². The molecule has 0 aliphatic heterocycles. The maximum absolute atomic E-state index is 12.1. The molecule has 5 nitrogen and oxygen atoms in total. The zero-order chi connectivity index (χ0) is 15.4. The molecule has 1 aliphatic rings. The van der Waals surface area contributed by atoms with E-state index in [1.165, 1.54) is 4.90 Å². The Balaban J connectivity index is 1.92. The van der Waals surface area contributed by atoms with Gasteiger partial charge in [-0.25, -0.2) is 0 Å². The number of hydrogen-bond acceptors (Lipinski definition) is 3. The van der Waals surface area contributed by atoms with Gasteiger partial charge in [0.2, 0.25) is 0 Å². The van der Waals surface area contributed by atoms with Gasteiger partial charge in [-0.3, -0.25) is 9.59 Å². The van der Waals surface area contributed by atoms with E-state index in [0.717, 1.165) is 18.4 Å². The summed E-state index contributed by atoms with van der Waals surface area (Å²) in [5.41, 5.74) is 0.835. The van der Waals surface area contributed by atoms with E-state index in [0.29, 0.717) is 23.2 Å². The molecule has 0 heterocycles. The Labute approximate surface area is 128 Å². The molecule has 6 heteroatoms. The summed E-state index contributed by atoms with van der Waals surface area (Å²) in [4.78, 5) is 24.3. The number of carbonyl (C=O) groups is 2. The summed E-state index contributed by atoms with van der Waals surface area (Å²) in [6, 6.07) is 5.14. The lowest BCUT2D eigenvalue weighted by Crippen LogP contribution is -2.40. The molecule has 21 heavy (non-hydrogen) atoms. The fourth-order valence-electron chi connectivity index (χ4n) is 2.04. The van der Waals surface area contributed by atoms with Gasteiger partial charge in [0.25, 0.3) is 5.91 Å². The maximum atomic E-state index is 12.1. The monoisotopic (exact) mass is 311 g/mol. The summed E-state index contributed by atoms with van der Waals surface area (Å²) in [7, 11) is 0. The molecular weight excluding hydrogens is 294 g/mol. The molecule has 1 fully saturated rings. The van der Waals surface area contributed by atoms with Crippen molar-refractivity contribution in [2.24, 2.45) is 5.92 Å². The normalized spacial score (nSPS) is 13.8. The Morgan fingerprint density at radius 2 is 2.14 bits per heavy atom. The van der Waals surface area contributed by atoms with Crippen LogP contribution in [0.2, 0.25) is 5.02 Å². The molecule has 0 unspecified atom stereocenters. The number of carboxylic acid groups (broad SMARTS) is 1. The summed E-state index contributed by atoms with van der Waals surface area (Å²) in [5, 5.41) is 9.48. The first kappa shape index (κ1) is 15.6. The van der Waals surface area contributed by atoms with E-state index in [-0.39, 0.29) is 19.1 Å². The van der Waals surface area contributed by atoms with Crippen molar-refractivity contribution in [1.29, 1.82) is 0 Å². The van der Waals surface area contributed by atoms with Crippen molar-refractivity contribution < 1.29 is 19.4 Å². The largest absolute Gasteiger partial charge is 0.483 e. The van der Waals surface area contributed by atoms with Gasteiger partial charge in [0.15, 0.2) is 6.61 Å². The molecule has 0 aromatic heterocycles. The van der Waals surface area contributed by atoms with E-state index in [9.17, 15) is 9.59 Å². The van der Waals surface area contributed by atoms with Crippen LogP contribution in [0, 0.1) is 12.8 Å². The smallest absolute Gasteiger partial charge is 0.323 e. The average molecular weight is 312 g/mol. The number of hydrogen-bond donors (Lipinski definition) is 1. The lowest BCUT2D eigenvalue weighted by Gasteiger charge is -2.21. The second-order valence-corrected chi connectivity index (χ2v) is 5.75. The second kappa shape index (κ2) is 6.80. The van der Waals surface area contributed by atoms with E-state index in [1.807, 2.05) is 6.92 Å². The van der Waals surface area contributed by atoms with Gasteiger partial charge in [0.05, 0.1) is 0 Å². The molecule has 1 aromatic rings.